The molecule has 1 unspecified atom stereocenters. The molecule has 3 heteroatoms. The molecule has 3 rings (SSSR count). The molecule has 20 heavy (non-hydrogen) atoms. The van der Waals surface area contributed by atoms with Crippen molar-refractivity contribution in [2.45, 2.75) is 31.8 Å². The summed E-state index contributed by atoms with van der Waals surface area (Å²) in [5.74, 6) is 0. The van der Waals surface area contributed by atoms with Gasteiger partial charge in [0.2, 0.25) is 0 Å². The smallest absolute Gasteiger partial charge is 0.0234 e. The van der Waals surface area contributed by atoms with Gasteiger partial charge in [-0.15, -0.1) is 0 Å². The number of benzene rings is 1. The molecular formula is C17H27N3. The second-order valence-electron chi connectivity index (χ2n) is 6.21. The minimum atomic E-state index is 0.696. The molecule has 110 valence electrons. The summed E-state index contributed by atoms with van der Waals surface area (Å²) < 4.78 is 0. The predicted octanol–water partition coefficient (Wildman–Crippen LogP) is 1.95. The van der Waals surface area contributed by atoms with Crippen molar-refractivity contribution in [3.63, 3.8) is 0 Å². The zero-order chi connectivity index (χ0) is 13.6. The van der Waals surface area contributed by atoms with Gasteiger partial charge in [-0.1, -0.05) is 30.3 Å². The van der Waals surface area contributed by atoms with Crippen LogP contribution in [0.2, 0.25) is 0 Å². The van der Waals surface area contributed by atoms with Crippen molar-refractivity contribution in [2.75, 3.05) is 39.3 Å². The molecule has 0 amide bonds. The standard InChI is InChI=1S/C17H27N3/c1-2-6-16(7-3-1)14-20-12-8-17(15-20)18-9-13-19-10-4-5-11-19/h1-3,6-7,17-18H,4-5,8-15H2. The Balaban J connectivity index is 1.34. The maximum absolute atomic E-state index is 3.74. The molecule has 0 spiro atoms. The molecule has 0 radical (unpaired) electrons. The molecule has 0 saturated carbocycles. The van der Waals surface area contributed by atoms with E-state index in [1.54, 1.807) is 0 Å². The van der Waals surface area contributed by atoms with E-state index in [2.05, 4.69) is 45.4 Å². The van der Waals surface area contributed by atoms with E-state index in [9.17, 15) is 0 Å². The van der Waals surface area contributed by atoms with Gasteiger partial charge < -0.3 is 10.2 Å². The van der Waals surface area contributed by atoms with Crippen molar-refractivity contribution in [3.8, 4) is 0 Å². The van der Waals surface area contributed by atoms with Crippen LogP contribution >= 0.6 is 0 Å². The highest BCUT2D eigenvalue weighted by Crippen LogP contribution is 2.13. The molecule has 2 saturated heterocycles. The molecule has 2 fully saturated rings. The molecular weight excluding hydrogens is 246 g/mol. The highest BCUT2D eigenvalue weighted by atomic mass is 15.2. The van der Waals surface area contributed by atoms with E-state index in [0.717, 1.165) is 13.1 Å². The van der Waals surface area contributed by atoms with E-state index in [1.165, 1.54) is 57.5 Å². The van der Waals surface area contributed by atoms with Gasteiger partial charge in [-0.25, -0.2) is 0 Å². The molecule has 0 aromatic heterocycles. The van der Waals surface area contributed by atoms with Gasteiger partial charge in [-0.2, -0.15) is 0 Å². The molecule has 0 aliphatic carbocycles. The lowest BCUT2D eigenvalue weighted by atomic mass is 10.2. The molecule has 0 bridgehead atoms. The van der Waals surface area contributed by atoms with Gasteiger partial charge in [0.05, 0.1) is 0 Å². The van der Waals surface area contributed by atoms with Crippen LogP contribution in [0.3, 0.4) is 0 Å². The number of nitrogens with one attached hydrogen (secondary N) is 1. The Labute approximate surface area is 123 Å². The largest absolute Gasteiger partial charge is 0.311 e. The minimum Gasteiger partial charge on any atom is -0.311 e. The molecule has 1 aromatic carbocycles. The van der Waals surface area contributed by atoms with Gasteiger partial charge in [-0.05, 0) is 37.9 Å². The molecule has 2 aliphatic rings. The molecule has 1 aromatic rings. The molecule has 1 N–H and O–H groups in total. The maximum atomic E-state index is 3.74. The predicted molar refractivity (Wildman–Crippen MR) is 83.8 cm³/mol. The Morgan fingerprint density at radius 2 is 1.80 bits per heavy atom. The third-order valence-electron chi connectivity index (χ3n) is 4.58. The van der Waals surface area contributed by atoms with Gasteiger partial charge in [0.25, 0.3) is 0 Å². The first kappa shape index (κ1) is 14.1. The third kappa shape index (κ3) is 4.05. The maximum Gasteiger partial charge on any atom is 0.0234 e. The topological polar surface area (TPSA) is 18.5 Å². The van der Waals surface area contributed by atoms with Crippen molar-refractivity contribution >= 4 is 0 Å². The third-order valence-corrected chi connectivity index (χ3v) is 4.58. The van der Waals surface area contributed by atoms with E-state index in [1.807, 2.05) is 0 Å². The fourth-order valence-corrected chi connectivity index (χ4v) is 3.42. The number of rotatable bonds is 6. The summed E-state index contributed by atoms with van der Waals surface area (Å²) >= 11 is 0. The van der Waals surface area contributed by atoms with Gasteiger partial charge >= 0.3 is 0 Å². The van der Waals surface area contributed by atoms with Gasteiger partial charge in [0.15, 0.2) is 0 Å². The summed E-state index contributed by atoms with van der Waals surface area (Å²) in [5, 5.41) is 3.74. The van der Waals surface area contributed by atoms with Crippen molar-refractivity contribution < 1.29 is 0 Å². The van der Waals surface area contributed by atoms with E-state index in [4.69, 9.17) is 0 Å². The first-order chi connectivity index (χ1) is 9.90. The minimum absolute atomic E-state index is 0.696. The Hall–Kier alpha value is -0.900. The van der Waals surface area contributed by atoms with Crippen LogP contribution < -0.4 is 5.32 Å². The monoisotopic (exact) mass is 273 g/mol. The lowest BCUT2D eigenvalue weighted by Gasteiger charge is -2.19. The van der Waals surface area contributed by atoms with E-state index < -0.39 is 0 Å². The van der Waals surface area contributed by atoms with Crippen LogP contribution in [0.4, 0.5) is 0 Å². The van der Waals surface area contributed by atoms with Crippen molar-refractivity contribution in [2.24, 2.45) is 0 Å². The van der Waals surface area contributed by atoms with E-state index in [0.29, 0.717) is 6.04 Å². The Morgan fingerprint density at radius 1 is 1.00 bits per heavy atom. The Bertz CT molecular complexity index is 386. The zero-order valence-corrected chi connectivity index (χ0v) is 12.4. The summed E-state index contributed by atoms with van der Waals surface area (Å²) in [7, 11) is 0. The van der Waals surface area contributed by atoms with E-state index in [-0.39, 0.29) is 0 Å². The van der Waals surface area contributed by atoms with Crippen LogP contribution in [0.5, 0.6) is 0 Å². The summed E-state index contributed by atoms with van der Waals surface area (Å²) in [5.41, 5.74) is 1.44. The van der Waals surface area contributed by atoms with Gasteiger partial charge in [-0.3, -0.25) is 4.90 Å². The van der Waals surface area contributed by atoms with Crippen molar-refractivity contribution in [1.82, 2.24) is 15.1 Å². The van der Waals surface area contributed by atoms with E-state index >= 15 is 0 Å². The highest BCUT2D eigenvalue weighted by Gasteiger charge is 2.22. The number of nitrogens with zero attached hydrogens (tertiary/aromatic N) is 2. The summed E-state index contributed by atoms with van der Waals surface area (Å²) in [6.07, 6.45) is 4.09. The van der Waals surface area contributed by atoms with Crippen molar-refractivity contribution in [1.29, 1.82) is 0 Å². The average molecular weight is 273 g/mol. The summed E-state index contributed by atoms with van der Waals surface area (Å²) in [4.78, 5) is 5.16. The second kappa shape index (κ2) is 7.21. The summed E-state index contributed by atoms with van der Waals surface area (Å²) in [6.45, 7) is 8.55. The zero-order valence-electron chi connectivity index (χ0n) is 12.4. The first-order valence-corrected chi connectivity index (χ1v) is 8.12. The fraction of sp³-hybridized carbons (Fsp3) is 0.647. The SMILES string of the molecule is c1ccc(CN2CCC(NCCN3CCCC3)C2)cc1. The number of hydrogen-bond donors (Lipinski definition) is 1. The van der Waals surface area contributed by atoms with Crippen LogP contribution in [0, 0.1) is 0 Å². The van der Waals surface area contributed by atoms with Crippen LogP contribution in [0.15, 0.2) is 30.3 Å². The van der Waals surface area contributed by atoms with Crippen LogP contribution in [0.1, 0.15) is 24.8 Å². The Morgan fingerprint density at radius 3 is 2.60 bits per heavy atom. The molecule has 2 heterocycles. The first-order valence-electron chi connectivity index (χ1n) is 8.12. The Kier molecular flexibility index (Phi) is 5.06. The number of hydrogen-bond acceptors (Lipinski definition) is 3. The van der Waals surface area contributed by atoms with Crippen LogP contribution in [-0.4, -0.2) is 55.1 Å². The average Bonchev–Trinajstić information content (AvgIpc) is 3.12. The summed E-state index contributed by atoms with van der Waals surface area (Å²) in [6, 6.07) is 11.5. The van der Waals surface area contributed by atoms with Crippen molar-refractivity contribution in [3.05, 3.63) is 35.9 Å². The van der Waals surface area contributed by atoms with Gasteiger partial charge in [0.1, 0.15) is 0 Å². The van der Waals surface area contributed by atoms with Crippen LogP contribution in [0.25, 0.3) is 0 Å². The highest BCUT2D eigenvalue weighted by molar-refractivity contribution is 5.14. The quantitative estimate of drug-likeness (QED) is 0.854. The van der Waals surface area contributed by atoms with Crippen LogP contribution in [-0.2, 0) is 6.54 Å². The fourth-order valence-electron chi connectivity index (χ4n) is 3.42. The normalized spacial score (nSPS) is 24.5. The lowest BCUT2D eigenvalue weighted by Crippen LogP contribution is -2.37. The second-order valence-corrected chi connectivity index (χ2v) is 6.21. The lowest BCUT2D eigenvalue weighted by molar-refractivity contribution is 0.307. The van der Waals surface area contributed by atoms with Gasteiger partial charge in [0, 0.05) is 38.8 Å². The molecule has 3 nitrogen and oxygen atoms in total. The number of likely N-dealkylation sites (tertiary alicyclic amines) is 2. The molecule has 2 aliphatic heterocycles. The molecule has 1 atom stereocenters.